The fourth-order valence-electron chi connectivity index (χ4n) is 3.62. The van der Waals surface area contributed by atoms with Crippen LogP contribution in [-0.2, 0) is 11.2 Å². The molecule has 8 nitrogen and oxygen atoms in total. The number of fused-ring (bicyclic) bond motifs is 1. The van der Waals surface area contributed by atoms with Crippen LogP contribution in [0.5, 0.6) is 11.5 Å². The molecular formula is C18H25BN2O6S. The lowest BCUT2D eigenvalue weighted by atomic mass is 9.77. The van der Waals surface area contributed by atoms with Crippen LogP contribution in [0.15, 0.2) is 12.1 Å². The highest BCUT2D eigenvalue weighted by Crippen LogP contribution is 2.38. The van der Waals surface area contributed by atoms with Crippen LogP contribution >= 0.6 is 11.8 Å². The Labute approximate surface area is 168 Å². The highest BCUT2D eigenvalue weighted by Gasteiger charge is 2.38. The van der Waals surface area contributed by atoms with Crippen molar-refractivity contribution in [3.05, 3.63) is 23.3 Å². The molecule has 1 amide bonds. The van der Waals surface area contributed by atoms with Gasteiger partial charge in [0.05, 0.1) is 18.0 Å². The number of hydrogen-bond acceptors (Lipinski definition) is 7. The van der Waals surface area contributed by atoms with Crippen molar-refractivity contribution in [3.63, 3.8) is 0 Å². The Bertz CT molecular complexity index is 741. The number of piperidine rings is 1. The van der Waals surface area contributed by atoms with Crippen LogP contribution in [0, 0.1) is 5.92 Å². The maximum absolute atomic E-state index is 12.5. The van der Waals surface area contributed by atoms with Gasteiger partial charge < -0.3 is 30.2 Å². The van der Waals surface area contributed by atoms with Gasteiger partial charge in [-0.25, -0.2) is 4.79 Å². The van der Waals surface area contributed by atoms with E-state index in [0.29, 0.717) is 24.4 Å². The first-order valence-electron chi connectivity index (χ1n) is 9.32. The summed E-state index contributed by atoms with van der Waals surface area (Å²) < 4.78 is 10.6. The summed E-state index contributed by atoms with van der Waals surface area (Å²) in [7, 11) is 0.187. The Morgan fingerprint density at radius 3 is 2.71 bits per heavy atom. The molecule has 0 bridgehead atoms. The van der Waals surface area contributed by atoms with E-state index in [0.717, 1.165) is 25.9 Å². The fraction of sp³-hybridized carbons (Fsp3) is 0.556. The number of aromatic carboxylic acids is 1. The molecule has 0 aliphatic carbocycles. The van der Waals surface area contributed by atoms with Gasteiger partial charge in [0.25, 0.3) is 0 Å². The zero-order valence-corrected chi connectivity index (χ0v) is 16.6. The first-order valence-corrected chi connectivity index (χ1v) is 10.4. The van der Waals surface area contributed by atoms with E-state index in [1.165, 1.54) is 18.9 Å². The second-order valence-electron chi connectivity index (χ2n) is 7.06. The van der Waals surface area contributed by atoms with Crippen molar-refractivity contribution >= 4 is 30.8 Å². The van der Waals surface area contributed by atoms with E-state index in [1.807, 2.05) is 4.90 Å². The molecule has 0 spiro atoms. The lowest BCUT2D eigenvalue weighted by molar-refractivity contribution is -0.129. The Hall–Kier alpha value is -1.91. The number of rotatable bonds is 6. The first kappa shape index (κ1) is 20.8. The van der Waals surface area contributed by atoms with Gasteiger partial charge in [0, 0.05) is 13.1 Å². The predicted octanol–water partition coefficient (Wildman–Crippen LogP) is 0.647. The molecule has 2 aliphatic rings. The molecule has 2 aliphatic heterocycles. The second kappa shape index (κ2) is 9.06. The molecule has 0 radical (unpaired) electrons. The molecule has 152 valence electrons. The van der Waals surface area contributed by atoms with E-state index >= 15 is 0 Å². The summed E-state index contributed by atoms with van der Waals surface area (Å²) in [6, 6.07) is 3.32. The van der Waals surface area contributed by atoms with Crippen LogP contribution in [0.3, 0.4) is 0 Å². The SMILES string of the molecule is COc1ccc2c(c1C(=O)O)OB(O)C(SCC(=O)N1CCC(CN)CC1)C2. The lowest BCUT2D eigenvalue weighted by Gasteiger charge is -2.32. The van der Waals surface area contributed by atoms with Crippen LogP contribution in [0.25, 0.3) is 0 Å². The molecule has 4 N–H and O–H groups in total. The molecule has 1 aromatic carbocycles. The molecule has 1 atom stereocenters. The summed E-state index contributed by atoms with van der Waals surface area (Å²) in [5.41, 5.74) is 6.27. The highest BCUT2D eigenvalue weighted by atomic mass is 32.2. The number of hydrogen-bond donors (Lipinski definition) is 3. The van der Waals surface area contributed by atoms with Crippen molar-refractivity contribution in [3.8, 4) is 11.5 Å². The van der Waals surface area contributed by atoms with Crippen molar-refractivity contribution in [1.82, 2.24) is 4.90 Å². The molecule has 3 rings (SSSR count). The predicted molar refractivity (Wildman–Crippen MR) is 107 cm³/mol. The van der Waals surface area contributed by atoms with Gasteiger partial charge in [0.15, 0.2) is 0 Å². The average Bonchev–Trinajstić information content (AvgIpc) is 2.70. The monoisotopic (exact) mass is 408 g/mol. The van der Waals surface area contributed by atoms with E-state index in [9.17, 15) is 19.7 Å². The van der Waals surface area contributed by atoms with Crippen molar-refractivity contribution in [2.24, 2.45) is 11.7 Å². The van der Waals surface area contributed by atoms with Gasteiger partial charge in [0.1, 0.15) is 17.1 Å². The van der Waals surface area contributed by atoms with Gasteiger partial charge in [-0.15, -0.1) is 11.8 Å². The van der Waals surface area contributed by atoms with Gasteiger partial charge in [0.2, 0.25) is 5.91 Å². The van der Waals surface area contributed by atoms with Gasteiger partial charge in [-0.05, 0) is 43.4 Å². The Balaban J connectivity index is 1.63. The molecule has 1 saturated heterocycles. The normalized spacial score (nSPS) is 19.8. The smallest absolute Gasteiger partial charge is 0.534 e. The van der Waals surface area contributed by atoms with Crippen LogP contribution in [-0.4, -0.2) is 71.7 Å². The molecule has 1 fully saturated rings. The fourth-order valence-corrected chi connectivity index (χ4v) is 4.68. The summed E-state index contributed by atoms with van der Waals surface area (Å²) in [5, 5.41) is 19.5. The van der Waals surface area contributed by atoms with E-state index in [2.05, 4.69) is 0 Å². The molecule has 10 heteroatoms. The molecular weight excluding hydrogens is 383 g/mol. The summed E-state index contributed by atoms with van der Waals surface area (Å²) in [6.07, 6.45) is 2.26. The number of carbonyl (C=O) groups excluding carboxylic acids is 1. The number of likely N-dealkylation sites (tertiary alicyclic amines) is 1. The topological polar surface area (TPSA) is 122 Å². The lowest BCUT2D eigenvalue weighted by Crippen LogP contribution is -2.43. The Kier molecular flexibility index (Phi) is 6.74. The Morgan fingerprint density at radius 2 is 2.11 bits per heavy atom. The van der Waals surface area contributed by atoms with Gasteiger partial charge in [-0.2, -0.15) is 0 Å². The number of carbonyl (C=O) groups is 2. The van der Waals surface area contributed by atoms with Gasteiger partial charge >= 0.3 is 13.1 Å². The average molecular weight is 408 g/mol. The highest BCUT2D eigenvalue weighted by molar-refractivity contribution is 8.01. The summed E-state index contributed by atoms with van der Waals surface area (Å²) >= 11 is 1.33. The molecule has 0 saturated carbocycles. The molecule has 1 unspecified atom stereocenters. The third-order valence-corrected chi connectivity index (χ3v) is 6.58. The van der Waals surface area contributed by atoms with Crippen molar-refractivity contribution in [2.45, 2.75) is 24.4 Å². The number of amides is 1. The third-order valence-electron chi connectivity index (χ3n) is 5.33. The number of carboxylic acid groups (broad SMARTS) is 1. The number of ether oxygens (including phenoxy) is 1. The second-order valence-corrected chi connectivity index (χ2v) is 8.29. The largest absolute Gasteiger partial charge is 0.536 e. The van der Waals surface area contributed by atoms with Crippen LogP contribution in [0.4, 0.5) is 0 Å². The first-order chi connectivity index (χ1) is 13.4. The van der Waals surface area contributed by atoms with Gasteiger partial charge in [-0.3, -0.25) is 4.79 Å². The molecule has 2 heterocycles. The molecule has 28 heavy (non-hydrogen) atoms. The third kappa shape index (κ3) is 4.39. The molecule has 1 aromatic rings. The van der Waals surface area contributed by atoms with Gasteiger partial charge in [-0.1, -0.05) is 6.07 Å². The maximum Gasteiger partial charge on any atom is 0.536 e. The number of carboxylic acids is 1. The summed E-state index contributed by atoms with van der Waals surface area (Å²) in [4.78, 5) is 25.9. The zero-order valence-electron chi connectivity index (χ0n) is 15.8. The minimum atomic E-state index is -1.20. The maximum atomic E-state index is 12.5. The Morgan fingerprint density at radius 1 is 1.39 bits per heavy atom. The quantitative estimate of drug-likeness (QED) is 0.587. The van der Waals surface area contributed by atoms with Crippen LogP contribution in [0.1, 0.15) is 28.8 Å². The number of methoxy groups -OCH3 is 1. The minimum Gasteiger partial charge on any atom is -0.534 e. The van der Waals surface area contributed by atoms with E-state index in [-0.39, 0.29) is 33.9 Å². The minimum absolute atomic E-state index is 0.0411. The number of nitrogens with zero attached hydrogens (tertiary/aromatic N) is 1. The van der Waals surface area contributed by atoms with E-state index in [4.69, 9.17) is 15.1 Å². The number of nitrogens with two attached hydrogens (primary N) is 1. The van der Waals surface area contributed by atoms with Crippen LogP contribution in [0.2, 0.25) is 0 Å². The van der Waals surface area contributed by atoms with Crippen molar-refractivity contribution in [2.75, 3.05) is 32.5 Å². The summed E-state index contributed by atoms with van der Waals surface area (Å²) in [5.74, 6) is -0.0907. The molecule has 0 aromatic heterocycles. The number of benzene rings is 1. The van der Waals surface area contributed by atoms with Crippen LogP contribution < -0.4 is 15.1 Å². The standard InChI is InChI=1S/C18H25BN2O6S/c1-26-13-3-2-12-8-14(19(25)27-17(12)16(13)18(23)24)28-10-15(22)21-6-4-11(9-20)5-7-21/h2-3,11,14,25H,4-10,20H2,1H3,(H,23,24). The summed E-state index contributed by atoms with van der Waals surface area (Å²) in [6.45, 7) is 2.09. The number of thioether (sulfide) groups is 1. The zero-order chi connectivity index (χ0) is 20.3. The van der Waals surface area contributed by atoms with E-state index < -0.39 is 13.1 Å². The van der Waals surface area contributed by atoms with E-state index in [1.54, 1.807) is 12.1 Å². The van der Waals surface area contributed by atoms with Crippen molar-refractivity contribution < 1.29 is 29.1 Å². The van der Waals surface area contributed by atoms with Crippen molar-refractivity contribution in [1.29, 1.82) is 0 Å².